The molecule has 0 bridgehead atoms. The maximum absolute atomic E-state index is 13.6. The lowest BCUT2D eigenvalue weighted by Crippen LogP contribution is -2.52. The molecule has 1 N–H and O–H groups in total. The lowest BCUT2D eigenvalue weighted by molar-refractivity contribution is -0.120. The van der Waals surface area contributed by atoms with Crippen molar-refractivity contribution in [1.29, 1.82) is 0 Å². The summed E-state index contributed by atoms with van der Waals surface area (Å²) in [7, 11) is -2.00. The van der Waals surface area contributed by atoms with Crippen LogP contribution in [0.4, 0.5) is 10.1 Å². The molecule has 2 aromatic rings. The number of carbonyl (C=O) groups excluding carboxylic acids is 1. The maximum atomic E-state index is 13.6. The highest BCUT2D eigenvalue weighted by atomic mass is 35.5. The fraction of sp³-hybridized carbons (Fsp3) is 0.350. The Morgan fingerprint density at radius 1 is 1.31 bits per heavy atom. The van der Waals surface area contributed by atoms with E-state index in [2.05, 4.69) is 4.72 Å². The number of likely N-dealkylation sites (N-methyl/N-ethyl adjacent to an activating group) is 1. The topological polar surface area (TPSA) is 75.7 Å². The SMILES string of the molecule is CCCS(=O)(=O)N[C@@H]1Cc2ccc(C)c(Oc3cc(F)ccc3Cl)c2N(C)C1=O. The van der Waals surface area contributed by atoms with Crippen molar-refractivity contribution in [3.8, 4) is 11.5 Å². The Bertz CT molecular complexity index is 1060. The summed E-state index contributed by atoms with van der Waals surface area (Å²) in [4.78, 5) is 14.2. The van der Waals surface area contributed by atoms with Crippen LogP contribution < -0.4 is 14.4 Å². The van der Waals surface area contributed by atoms with Gasteiger partial charge in [0.05, 0.1) is 16.5 Å². The Kier molecular flexibility index (Phi) is 6.16. The third-order valence-electron chi connectivity index (χ3n) is 4.70. The number of benzene rings is 2. The van der Waals surface area contributed by atoms with E-state index in [9.17, 15) is 17.6 Å². The molecule has 0 aromatic heterocycles. The molecule has 0 saturated carbocycles. The van der Waals surface area contributed by atoms with Crippen LogP contribution in [-0.4, -0.2) is 33.2 Å². The van der Waals surface area contributed by atoms with E-state index < -0.39 is 27.8 Å². The average Bonchev–Trinajstić information content (AvgIpc) is 2.64. The zero-order valence-corrected chi connectivity index (χ0v) is 17.9. The molecule has 0 radical (unpaired) electrons. The number of aryl methyl sites for hydroxylation is 1. The molecule has 0 unspecified atom stereocenters. The van der Waals surface area contributed by atoms with Gasteiger partial charge in [-0.25, -0.2) is 17.5 Å². The quantitative estimate of drug-likeness (QED) is 0.741. The Hall–Kier alpha value is -2.16. The summed E-state index contributed by atoms with van der Waals surface area (Å²) in [6.07, 6.45) is 0.642. The largest absolute Gasteiger partial charge is 0.453 e. The summed E-state index contributed by atoms with van der Waals surface area (Å²) < 4.78 is 46.3. The molecule has 0 saturated heterocycles. The predicted molar refractivity (Wildman–Crippen MR) is 111 cm³/mol. The molecule has 0 aliphatic carbocycles. The van der Waals surface area contributed by atoms with Gasteiger partial charge in [0.1, 0.15) is 17.6 Å². The number of nitrogens with zero attached hydrogens (tertiary/aromatic N) is 1. The minimum Gasteiger partial charge on any atom is -0.453 e. The Morgan fingerprint density at radius 3 is 2.72 bits per heavy atom. The minimum atomic E-state index is -3.56. The van der Waals surface area contributed by atoms with Crippen LogP contribution in [0, 0.1) is 12.7 Å². The van der Waals surface area contributed by atoms with Gasteiger partial charge in [0.2, 0.25) is 15.9 Å². The van der Waals surface area contributed by atoms with Crippen LogP contribution in [-0.2, 0) is 21.2 Å². The first-order chi connectivity index (χ1) is 13.6. The number of nitrogens with one attached hydrogen (secondary N) is 1. The van der Waals surface area contributed by atoms with E-state index in [0.29, 0.717) is 17.9 Å². The number of hydrogen-bond donors (Lipinski definition) is 1. The van der Waals surface area contributed by atoms with Crippen LogP contribution in [0.25, 0.3) is 0 Å². The van der Waals surface area contributed by atoms with E-state index in [-0.39, 0.29) is 22.9 Å². The number of ether oxygens (including phenoxy) is 1. The molecule has 1 amide bonds. The van der Waals surface area contributed by atoms with Crippen LogP contribution in [0.15, 0.2) is 30.3 Å². The number of halogens is 2. The first kappa shape index (κ1) is 21.5. The highest BCUT2D eigenvalue weighted by molar-refractivity contribution is 7.89. The summed E-state index contributed by atoms with van der Waals surface area (Å²) in [6, 6.07) is 6.54. The fourth-order valence-corrected chi connectivity index (χ4v) is 4.76. The summed E-state index contributed by atoms with van der Waals surface area (Å²) in [5.41, 5.74) is 1.99. The van der Waals surface area contributed by atoms with E-state index >= 15 is 0 Å². The van der Waals surface area contributed by atoms with Crippen LogP contribution in [0.5, 0.6) is 11.5 Å². The van der Waals surface area contributed by atoms with Crippen molar-refractivity contribution in [3.05, 3.63) is 52.3 Å². The monoisotopic (exact) mass is 440 g/mol. The molecular weight excluding hydrogens is 419 g/mol. The van der Waals surface area contributed by atoms with Crippen molar-refractivity contribution in [3.63, 3.8) is 0 Å². The number of hydrogen-bond acceptors (Lipinski definition) is 4. The molecule has 0 spiro atoms. The Balaban J connectivity index is 2.00. The molecule has 0 fully saturated rings. The van der Waals surface area contributed by atoms with Gasteiger partial charge in [-0.2, -0.15) is 0 Å². The first-order valence-corrected chi connectivity index (χ1v) is 11.2. The Labute approximate surface area is 174 Å². The zero-order chi connectivity index (χ0) is 21.3. The highest BCUT2D eigenvalue weighted by Crippen LogP contribution is 2.42. The van der Waals surface area contributed by atoms with Crippen LogP contribution >= 0.6 is 11.6 Å². The fourth-order valence-electron chi connectivity index (χ4n) is 3.33. The molecule has 29 heavy (non-hydrogen) atoms. The molecule has 1 aliphatic heterocycles. The molecule has 1 aliphatic rings. The molecule has 2 aromatic carbocycles. The number of rotatable bonds is 6. The second-order valence-electron chi connectivity index (χ2n) is 6.99. The van der Waals surface area contributed by atoms with Gasteiger partial charge in [0, 0.05) is 13.1 Å². The molecule has 9 heteroatoms. The first-order valence-electron chi connectivity index (χ1n) is 9.16. The summed E-state index contributed by atoms with van der Waals surface area (Å²) in [5.74, 6) is -0.427. The number of sulfonamides is 1. The molecule has 6 nitrogen and oxygen atoms in total. The summed E-state index contributed by atoms with van der Waals surface area (Å²) >= 11 is 6.12. The van der Waals surface area contributed by atoms with E-state index in [1.807, 2.05) is 12.1 Å². The van der Waals surface area contributed by atoms with Crippen molar-refractivity contribution in [2.24, 2.45) is 0 Å². The smallest absolute Gasteiger partial charge is 0.245 e. The van der Waals surface area contributed by atoms with E-state index in [1.54, 1.807) is 20.9 Å². The van der Waals surface area contributed by atoms with Gasteiger partial charge < -0.3 is 9.64 Å². The molecular formula is C20H22ClFN2O4S. The van der Waals surface area contributed by atoms with E-state index in [1.165, 1.54) is 23.1 Å². The summed E-state index contributed by atoms with van der Waals surface area (Å²) in [6.45, 7) is 3.56. The van der Waals surface area contributed by atoms with Crippen LogP contribution in [0.1, 0.15) is 24.5 Å². The standard InChI is InChI=1S/C20H22ClFN2O4S/c1-4-9-29(26,27)23-16-10-13-6-5-12(2)19(18(13)24(3)20(16)25)28-17-11-14(22)7-8-15(17)21/h5-8,11,16,23H,4,9-10H2,1-3H3/t16-/m1/s1. The normalized spacial score (nSPS) is 16.7. The Morgan fingerprint density at radius 2 is 2.03 bits per heavy atom. The second-order valence-corrected chi connectivity index (χ2v) is 9.27. The van der Waals surface area contributed by atoms with E-state index in [4.69, 9.17) is 16.3 Å². The summed E-state index contributed by atoms with van der Waals surface area (Å²) in [5, 5.41) is 0.235. The van der Waals surface area contributed by atoms with Gasteiger partial charge in [0.25, 0.3) is 0 Å². The third-order valence-corrected chi connectivity index (χ3v) is 6.60. The number of fused-ring (bicyclic) bond motifs is 1. The third kappa shape index (κ3) is 4.55. The van der Waals surface area contributed by atoms with E-state index in [0.717, 1.165) is 11.1 Å². The van der Waals surface area contributed by atoms with Crippen molar-refractivity contribution >= 4 is 33.2 Å². The van der Waals surface area contributed by atoms with Gasteiger partial charge >= 0.3 is 0 Å². The predicted octanol–water partition coefficient (Wildman–Crippen LogP) is 3.80. The lowest BCUT2D eigenvalue weighted by Gasteiger charge is -2.33. The van der Waals surface area contributed by atoms with Crippen LogP contribution in [0.3, 0.4) is 0 Å². The van der Waals surface area contributed by atoms with Gasteiger partial charge in [-0.15, -0.1) is 0 Å². The van der Waals surface area contributed by atoms with Crippen molar-refractivity contribution in [1.82, 2.24) is 4.72 Å². The molecule has 156 valence electrons. The minimum absolute atomic E-state index is 0.0479. The molecule has 1 heterocycles. The molecule has 1 atom stereocenters. The molecule has 3 rings (SSSR count). The number of anilines is 1. The van der Waals surface area contributed by atoms with Crippen molar-refractivity contribution < 1.29 is 22.3 Å². The van der Waals surface area contributed by atoms with Crippen LogP contribution in [0.2, 0.25) is 5.02 Å². The maximum Gasteiger partial charge on any atom is 0.245 e. The van der Waals surface area contributed by atoms with Gasteiger partial charge in [-0.3, -0.25) is 4.79 Å². The zero-order valence-electron chi connectivity index (χ0n) is 16.3. The van der Waals surface area contributed by atoms with Gasteiger partial charge in [0.15, 0.2) is 5.75 Å². The van der Waals surface area contributed by atoms with Crippen molar-refractivity contribution in [2.75, 3.05) is 17.7 Å². The lowest BCUT2D eigenvalue weighted by atomic mass is 9.96. The van der Waals surface area contributed by atoms with Gasteiger partial charge in [-0.05, 0) is 43.0 Å². The van der Waals surface area contributed by atoms with Crippen molar-refractivity contribution in [2.45, 2.75) is 32.7 Å². The number of amides is 1. The average molecular weight is 441 g/mol. The number of carbonyl (C=O) groups is 1. The van der Waals surface area contributed by atoms with Gasteiger partial charge in [-0.1, -0.05) is 30.7 Å². The highest BCUT2D eigenvalue weighted by Gasteiger charge is 2.35. The second kappa shape index (κ2) is 8.30.